The van der Waals surface area contributed by atoms with Gasteiger partial charge in [-0.25, -0.2) is 8.42 Å². The summed E-state index contributed by atoms with van der Waals surface area (Å²) >= 11 is 4.22. The maximum absolute atomic E-state index is 12.2. The van der Waals surface area contributed by atoms with Crippen LogP contribution < -0.4 is 4.72 Å². The minimum absolute atomic E-state index is 0.0945. The summed E-state index contributed by atoms with van der Waals surface area (Å²) in [6, 6.07) is 5.93. The zero-order chi connectivity index (χ0) is 15.6. The molecule has 0 atom stereocenters. The number of aryl methyl sites for hydroxylation is 1. The van der Waals surface area contributed by atoms with Gasteiger partial charge in [0.1, 0.15) is 0 Å². The molecule has 21 heavy (non-hydrogen) atoms. The summed E-state index contributed by atoms with van der Waals surface area (Å²) in [5.74, 6) is 0. The standard InChI is InChI=1S/C12H11BrN2O4S2/c1-2-8-3-4-9(7-11(8)15(16)17)14-21(18,19)12-10(13)5-6-20-12/h3-7,14H,2H2,1H3. The zero-order valence-electron chi connectivity index (χ0n) is 10.9. The highest BCUT2D eigenvalue weighted by Crippen LogP contribution is 2.30. The Labute approximate surface area is 134 Å². The van der Waals surface area contributed by atoms with Crippen LogP contribution in [-0.4, -0.2) is 13.3 Å². The van der Waals surface area contributed by atoms with Crippen molar-refractivity contribution >= 4 is 48.7 Å². The van der Waals surface area contributed by atoms with E-state index in [2.05, 4.69) is 20.7 Å². The molecule has 0 fully saturated rings. The van der Waals surface area contributed by atoms with Crippen LogP contribution in [0.2, 0.25) is 0 Å². The first-order chi connectivity index (χ1) is 9.85. The fourth-order valence-corrected chi connectivity index (χ4v) is 5.16. The average molecular weight is 391 g/mol. The van der Waals surface area contributed by atoms with E-state index in [9.17, 15) is 18.5 Å². The molecule has 9 heteroatoms. The second-order valence-electron chi connectivity index (χ2n) is 4.12. The number of hydrogen-bond acceptors (Lipinski definition) is 5. The number of nitrogens with one attached hydrogen (secondary N) is 1. The van der Waals surface area contributed by atoms with Gasteiger partial charge < -0.3 is 0 Å². The summed E-state index contributed by atoms with van der Waals surface area (Å²) in [7, 11) is -3.76. The van der Waals surface area contributed by atoms with E-state index in [1.54, 1.807) is 24.4 Å². The van der Waals surface area contributed by atoms with Crippen LogP contribution in [-0.2, 0) is 16.4 Å². The quantitative estimate of drug-likeness (QED) is 0.621. The average Bonchev–Trinajstić information content (AvgIpc) is 2.85. The van der Waals surface area contributed by atoms with E-state index in [4.69, 9.17) is 0 Å². The monoisotopic (exact) mass is 390 g/mol. The molecule has 2 aromatic rings. The summed E-state index contributed by atoms with van der Waals surface area (Å²) in [6.45, 7) is 1.80. The highest BCUT2D eigenvalue weighted by atomic mass is 79.9. The van der Waals surface area contributed by atoms with Gasteiger partial charge in [0.2, 0.25) is 0 Å². The van der Waals surface area contributed by atoms with Gasteiger partial charge in [-0.2, -0.15) is 0 Å². The molecule has 1 heterocycles. The minimum Gasteiger partial charge on any atom is -0.279 e. The summed E-state index contributed by atoms with van der Waals surface area (Å²) in [4.78, 5) is 10.5. The van der Waals surface area contributed by atoms with E-state index in [0.29, 0.717) is 16.5 Å². The van der Waals surface area contributed by atoms with Crippen LogP contribution in [0.3, 0.4) is 0 Å². The van der Waals surface area contributed by atoms with Crippen molar-refractivity contribution in [2.75, 3.05) is 4.72 Å². The lowest BCUT2D eigenvalue weighted by molar-refractivity contribution is -0.385. The molecule has 0 aliphatic heterocycles. The van der Waals surface area contributed by atoms with Gasteiger partial charge >= 0.3 is 0 Å². The van der Waals surface area contributed by atoms with Crippen molar-refractivity contribution in [3.8, 4) is 0 Å². The number of sulfonamides is 1. The van der Waals surface area contributed by atoms with Crippen molar-refractivity contribution < 1.29 is 13.3 Å². The Bertz CT molecular complexity index is 786. The van der Waals surface area contributed by atoms with Crippen LogP contribution in [0.5, 0.6) is 0 Å². The van der Waals surface area contributed by atoms with Gasteiger partial charge in [-0.05, 0) is 39.9 Å². The van der Waals surface area contributed by atoms with E-state index < -0.39 is 14.9 Å². The normalized spacial score (nSPS) is 11.3. The fourth-order valence-electron chi connectivity index (χ4n) is 1.77. The predicted octanol–water partition coefficient (Wildman–Crippen LogP) is 3.78. The third-order valence-corrected chi connectivity index (χ3v) is 6.79. The largest absolute Gasteiger partial charge is 0.279 e. The summed E-state index contributed by atoms with van der Waals surface area (Å²) < 4.78 is 27.4. The molecule has 0 bridgehead atoms. The molecule has 1 N–H and O–H groups in total. The number of rotatable bonds is 5. The predicted molar refractivity (Wildman–Crippen MR) is 85.3 cm³/mol. The van der Waals surface area contributed by atoms with E-state index in [1.807, 2.05) is 0 Å². The molecule has 0 aliphatic rings. The molecule has 0 unspecified atom stereocenters. The first-order valence-corrected chi connectivity index (χ1v) is 9.04. The van der Waals surface area contributed by atoms with Gasteiger partial charge in [0.05, 0.1) is 10.6 Å². The number of nitro groups is 1. The topological polar surface area (TPSA) is 89.3 Å². The van der Waals surface area contributed by atoms with Crippen LogP contribution in [0, 0.1) is 10.1 Å². The van der Waals surface area contributed by atoms with Crippen molar-refractivity contribution in [2.24, 2.45) is 0 Å². The summed E-state index contributed by atoms with van der Waals surface area (Å²) in [5, 5.41) is 12.6. The number of anilines is 1. The van der Waals surface area contributed by atoms with Gasteiger partial charge in [0, 0.05) is 16.1 Å². The Morgan fingerprint density at radius 3 is 2.62 bits per heavy atom. The molecule has 2 rings (SSSR count). The van der Waals surface area contributed by atoms with E-state index in [-0.39, 0.29) is 15.6 Å². The second kappa shape index (κ2) is 6.12. The Morgan fingerprint density at radius 1 is 1.38 bits per heavy atom. The minimum atomic E-state index is -3.76. The number of halogens is 1. The first kappa shape index (κ1) is 15.9. The number of nitro benzene ring substituents is 1. The molecule has 1 aromatic heterocycles. The van der Waals surface area contributed by atoms with Crippen molar-refractivity contribution in [2.45, 2.75) is 17.6 Å². The van der Waals surface area contributed by atoms with Gasteiger partial charge in [-0.1, -0.05) is 13.0 Å². The van der Waals surface area contributed by atoms with Gasteiger partial charge in [0.15, 0.2) is 4.21 Å². The Morgan fingerprint density at radius 2 is 2.10 bits per heavy atom. The molecule has 0 saturated heterocycles. The molecule has 0 saturated carbocycles. The third-order valence-electron chi connectivity index (χ3n) is 2.74. The Hall–Kier alpha value is -1.45. The molecule has 0 spiro atoms. The van der Waals surface area contributed by atoms with Crippen LogP contribution >= 0.6 is 27.3 Å². The Balaban J connectivity index is 2.38. The lowest BCUT2D eigenvalue weighted by Crippen LogP contribution is -2.12. The van der Waals surface area contributed by atoms with Crippen LogP contribution in [0.1, 0.15) is 12.5 Å². The number of thiophene rings is 1. The molecule has 112 valence electrons. The van der Waals surface area contributed by atoms with Crippen LogP contribution in [0.15, 0.2) is 38.3 Å². The fraction of sp³-hybridized carbons (Fsp3) is 0.167. The van der Waals surface area contributed by atoms with Crippen molar-refractivity contribution in [1.29, 1.82) is 0 Å². The molecule has 0 radical (unpaired) electrons. The molecular formula is C12H11BrN2O4S2. The van der Waals surface area contributed by atoms with E-state index >= 15 is 0 Å². The number of benzene rings is 1. The summed E-state index contributed by atoms with van der Waals surface area (Å²) in [6.07, 6.45) is 0.500. The molecule has 0 amide bonds. The van der Waals surface area contributed by atoms with Crippen LogP contribution in [0.4, 0.5) is 11.4 Å². The smallest absolute Gasteiger partial charge is 0.274 e. The Kier molecular flexibility index (Phi) is 4.64. The number of hydrogen-bond donors (Lipinski definition) is 1. The van der Waals surface area contributed by atoms with E-state index in [0.717, 1.165) is 11.3 Å². The lowest BCUT2D eigenvalue weighted by atomic mass is 10.1. The molecular weight excluding hydrogens is 380 g/mol. The second-order valence-corrected chi connectivity index (χ2v) is 7.76. The highest BCUT2D eigenvalue weighted by molar-refractivity contribution is 9.10. The molecule has 0 aliphatic carbocycles. The molecule has 6 nitrogen and oxygen atoms in total. The number of nitrogens with zero attached hydrogens (tertiary/aromatic N) is 1. The van der Waals surface area contributed by atoms with Gasteiger partial charge in [-0.15, -0.1) is 11.3 Å². The maximum atomic E-state index is 12.2. The van der Waals surface area contributed by atoms with Crippen molar-refractivity contribution in [3.63, 3.8) is 0 Å². The van der Waals surface area contributed by atoms with Gasteiger partial charge in [-0.3, -0.25) is 14.8 Å². The van der Waals surface area contributed by atoms with Crippen molar-refractivity contribution in [3.05, 3.63) is 49.8 Å². The maximum Gasteiger partial charge on any atom is 0.274 e. The van der Waals surface area contributed by atoms with Crippen molar-refractivity contribution in [1.82, 2.24) is 0 Å². The zero-order valence-corrected chi connectivity index (χ0v) is 14.1. The lowest BCUT2D eigenvalue weighted by Gasteiger charge is -2.08. The van der Waals surface area contributed by atoms with Crippen LogP contribution in [0.25, 0.3) is 0 Å². The molecule has 1 aromatic carbocycles. The van der Waals surface area contributed by atoms with E-state index in [1.165, 1.54) is 12.1 Å². The summed E-state index contributed by atoms with van der Waals surface area (Å²) in [5.41, 5.74) is 0.627. The first-order valence-electron chi connectivity index (χ1n) is 5.88. The third kappa shape index (κ3) is 3.42. The highest BCUT2D eigenvalue weighted by Gasteiger charge is 2.21. The van der Waals surface area contributed by atoms with Gasteiger partial charge in [0.25, 0.3) is 15.7 Å². The SMILES string of the molecule is CCc1ccc(NS(=O)(=O)c2sccc2Br)cc1[N+](=O)[O-].